The first-order chi connectivity index (χ1) is 8.20. The number of aromatic amines is 1. The van der Waals surface area contributed by atoms with Crippen molar-refractivity contribution < 1.29 is 19.2 Å². The first kappa shape index (κ1) is 13.1. The van der Waals surface area contributed by atoms with E-state index in [0.717, 1.165) is 6.20 Å². The summed E-state index contributed by atoms with van der Waals surface area (Å²) in [5.41, 5.74) is 0.231. The highest BCUT2D eigenvalue weighted by atomic mass is 16.6. The van der Waals surface area contributed by atoms with Gasteiger partial charge in [0.05, 0.1) is 11.5 Å². The van der Waals surface area contributed by atoms with Gasteiger partial charge in [0.1, 0.15) is 11.9 Å². The molecule has 1 unspecified atom stereocenters. The first-order valence-corrected chi connectivity index (χ1v) is 4.92. The van der Waals surface area contributed by atoms with Gasteiger partial charge in [0.15, 0.2) is 0 Å². The summed E-state index contributed by atoms with van der Waals surface area (Å²) in [6.45, 7) is 0.765. The van der Waals surface area contributed by atoms with E-state index in [9.17, 15) is 14.9 Å². The van der Waals surface area contributed by atoms with Crippen molar-refractivity contribution in [2.45, 2.75) is 12.3 Å². The van der Waals surface area contributed by atoms with Crippen LogP contribution in [0.15, 0.2) is 6.20 Å². The molecule has 0 aromatic carbocycles. The van der Waals surface area contributed by atoms with E-state index in [-0.39, 0.29) is 18.2 Å². The molecule has 1 N–H and O–H groups in total. The number of hydrogen-bond donors (Lipinski definition) is 1. The lowest BCUT2D eigenvalue weighted by Crippen LogP contribution is -2.12. The molecule has 0 saturated heterocycles. The molecule has 0 bridgehead atoms. The quantitative estimate of drug-likeness (QED) is 0.407. The van der Waals surface area contributed by atoms with Crippen molar-refractivity contribution in [3.8, 4) is 0 Å². The van der Waals surface area contributed by atoms with Crippen LogP contribution in [0.4, 0.5) is 5.69 Å². The molecule has 8 nitrogen and oxygen atoms in total. The summed E-state index contributed by atoms with van der Waals surface area (Å²) < 4.78 is 9.55. The van der Waals surface area contributed by atoms with E-state index >= 15 is 0 Å². The van der Waals surface area contributed by atoms with Gasteiger partial charge in [0, 0.05) is 19.6 Å². The molecule has 17 heavy (non-hydrogen) atoms. The van der Waals surface area contributed by atoms with Crippen molar-refractivity contribution in [3.63, 3.8) is 0 Å². The number of rotatable bonds is 8. The van der Waals surface area contributed by atoms with E-state index < -0.39 is 4.92 Å². The number of H-pyrrole nitrogens is 1. The minimum absolute atomic E-state index is 0.0515. The number of aromatic nitrogens is 2. The van der Waals surface area contributed by atoms with Crippen LogP contribution >= 0.6 is 0 Å². The highest BCUT2D eigenvalue weighted by Gasteiger charge is 2.24. The molecular formula is C9H13N3O5. The maximum Gasteiger partial charge on any atom is 0.310 e. The third-order valence-electron chi connectivity index (χ3n) is 2.29. The van der Waals surface area contributed by atoms with Crippen molar-refractivity contribution in [1.29, 1.82) is 0 Å². The molecule has 8 heteroatoms. The number of nitrogens with one attached hydrogen (secondary N) is 1. The fourth-order valence-electron chi connectivity index (χ4n) is 1.46. The summed E-state index contributed by atoms with van der Waals surface area (Å²) in [5, 5.41) is 16.9. The molecule has 0 radical (unpaired) electrons. The number of nitrogens with zero attached hydrogens (tertiary/aromatic N) is 2. The Morgan fingerprint density at radius 3 is 3.06 bits per heavy atom. The third kappa shape index (κ3) is 3.52. The zero-order chi connectivity index (χ0) is 12.7. The topological polar surface area (TPSA) is 107 Å². The Kier molecular flexibility index (Phi) is 5.08. The zero-order valence-electron chi connectivity index (χ0n) is 9.29. The fourth-order valence-corrected chi connectivity index (χ4v) is 1.46. The van der Waals surface area contributed by atoms with Gasteiger partial charge in [0.25, 0.3) is 6.47 Å². The average Bonchev–Trinajstić information content (AvgIpc) is 2.78. The maximum absolute atomic E-state index is 10.7. The van der Waals surface area contributed by atoms with E-state index in [1.54, 1.807) is 0 Å². The van der Waals surface area contributed by atoms with Gasteiger partial charge in [-0.3, -0.25) is 20.0 Å². The molecule has 1 aromatic heterocycles. The van der Waals surface area contributed by atoms with Crippen molar-refractivity contribution in [3.05, 3.63) is 22.0 Å². The van der Waals surface area contributed by atoms with Gasteiger partial charge in [-0.15, -0.1) is 0 Å². The van der Waals surface area contributed by atoms with Gasteiger partial charge in [-0.2, -0.15) is 5.10 Å². The van der Waals surface area contributed by atoms with Crippen molar-refractivity contribution in [2.75, 3.05) is 20.3 Å². The lowest BCUT2D eigenvalue weighted by atomic mass is 10.0. The summed E-state index contributed by atoms with van der Waals surface area (Å²) in [4.78, 5) is 20.4. The summed E-state index contributed by atoms with van der Waals surface area (Å²) in [5.74, 6) is -0.331. The smallest absolute Gasteiger partial charge is 0.310 e. The second-order valence-electron chi connectivity index (χ2n) is 3.33. The van der Waals surface area contributed by atoms with Gasteiger partial charge in [-0.25, -0.2) is 0 Å². The Morgan fingerprint density at radius 1 is 1.71 bits per heavy atom. The summed E-state index contributed by atoms with van der Waals surface area (Å²) >= 11 is 0. The van der Waals surface area contributed by atoms with Crippen molar-refractivity contribution in [1.82, 2.24) is 10.2 Å². The minimum Gasteiger partial charge on any atom is -0.467 e. The average molecular weight is 243 g/mol. The van der Waals surface area contributed by atoms with E-state index in [1.165, 1.54) is 7.11 Å². The maximum atomic E-state index is 10.7. The highest BCUT2D eigenvalue weighted by Crippen LogP contribution is 2.26. The lowest BCUT2D eigenvalue weighted by Gasteiger charge is -2.12. The molecule has 0 saturated carbocycles. The molecule has 0 amide bonds. The van der Waals surface area contributed by atoms with Crippen LogP contribution in [-0.4, -0.2) is 41.9 Å². The number of nitro groups is 1. The van der Waals surface area contributed by atoms with Crippen LogP contribution in [0.5, 0.6) is 0 Å². The van der Waals surface area contributed by atoms with Crippen molar-refractivity contribution in [2.24, 2.45) is 0 Å². The number of methoxy groups -OCH3 is 1. The molecule has 1 rings (SSSR count). The van der Waals surface area contributed by atoms with Gasteiger partial charge in [-0.05, 0) is 6.42 Å². The second kappa shape index (κ2) is 6.59. The van der Waals surface area contributed by atoms with Crippen LogP contribution in [0.3, 0.4) is 0 Å². The number of hydrogen-bond acceptors (Lipinski definition) is 6. The lowest BCUT2D eigenvalue weighted by molar-refractivity contribution is -0.385. The van der Waals surface area contributed by atoms with E-state index in [4.69, 9.17) is 4.74 Å². The second-order valence-corrected chi connectivity index (χ2v) is 3.33. The van der Waals surface area contributed by atoms with Crippen LogP contribution in [0.2, 0.25) is 0 Å². The van der Waals surface area contributed by atoms with Crippen LogP contribution in [0, 0.1) is 10.1 Å². The summed E-state index contributed by atoms with van der Waals surface area (Å²) in [7, 11) is 1.53. The standard InChI is InChI=1S/C9H13N3O5/c1-16-3-2-7(5-17-6-13)9-8(12(14)15)4-10-11-9/h4,6-7H,2-3,5H2,1H3,(H,10,11). The predicted octanol–water partition coefficient (Wildman–Crippen LogP) is 0.611. The van der Waals surface area contributed by atoms with E-state index in [2.05, 4.69) is 14.9 Å². The van der Waals surface area contributed by atoms with Crippen molar-refractivity contribution >= 4 is 12.2 Å². The Bertz CT molecular complexity index is 378. The largest absolute Gasteiger partial charge is 0.467 e. The van der Waals surface area contributed by atoms with E-state index in [0.29, 0.717) is 25.2 Å². The fraction of sp³-hybridized carbons (Fsp3) is 0.556. The molecule has 0 aliphatic rings. The molecule has 0 aliphatic heterocycles. The molecule has 0 spiro atoms. The van der Waals surface area contributed by atoms with Gasteiger partial charge >= 0.3 is 5.69 Å². The minimum atomic E-state index is -0.528. The number of carbonyl (C=O) groups excluding carboxylic acids is 1. The highest BCUT2D eigenvalue weighted by molar-refractivity contribution is 5.38. The summed E-state index contributed by atoms with van der Waals surface area (Å²) in [6, 6.07) is 0. The number of carbonyl (C=O) groups is 1. The molecule has 94 valence electrons. The Balaban J connectivity index is 2.82. The first-order valence-electron chi connectivity index (χ1n) is 4.92. The van der Waals surface area contributed by atoms with Crippen LogP contribution in [-0.2, 0) is 14.3 Å². The molecule has 1 aromatic rings. The zero-order valence-corrected chi connectivity index (χ0v) is 9.29. The molecule has 1 heterocycles. The van der Waals surface area contributed by atoms with Crippen LogP contribution in [0.25, 0.3) is 0 Å². The predicted molar refractivity (Wildman–Crippen MR) is 56.5 cm³/mol. The van der Waals surface area contributed by atoms with Gasteiger partial charge in [0.2, 0.25) is 0 Å². The Morgan fingerprint density at radius 2 is 2.47 bits per heavy atom. The van der Waals surface area contributed by atoms with E-state index in [1.807, 2.05) is 0 Å². The molecule has 0 fully saturated rings. The molecular weight excluding hydrogens is 230 g/mol. The van der Waals surface area contributed by atoms with Gasteiger partial charge < -0.3 is 9.47 Å². The normalized spacial score (nSPS) is 12.1. The Hall–Kier alpha value is -1.96. The molecule has 0 aliphatic carbocycles. The third-order valence-corrected chi connectivity index (χ3v) is 2.29. The van der Waals surface area contributed by atoms with Gasteiger partial charge in [-0.1, -0.05) is 0 Å². The Labute approximate surface area is 97.1 Å². The SMILES string of the molecule is COCCC(COC=O)c1[nH]ncc1[N+](=O)[O-]. The van der Waals surface area contributed by atoms with Crippen LogP contribution in [0.1, 0.15) is 18.0 Å². The monoisotopic (exact) mass is 243 g/mol. The number of ether oxygens (including phenoxy) is 2. The summed E-state index contributed by atoms with van der Waals surface area (Å²) in [6.07, 6.45) is 1.63. The molecule has 1 atom stereocenters. The van der Waals surface area contributed by atoms with Crippen LogP contribution < -0.4 is 0 Å².